The molecular formula is C11H24N4O2. The first-order chi connectivity index (χ1) is 8.22. The van der Waals surface area contributed by atoms with E-state index < -0.39 is 0 Å². The van der Waals surface area contributed by atoms with Gasteiger partial charge in [0, 0.05) is 45.8 Å². The maximum atomic E-state index is 11.3. The summed E-state index contributed by atoms with van der Waals surface area (Å²) in [6.07, 6.45) is 0. The summed E-state index contributed by atoms with van der Waals surface area (Å²) in [4.78, 5) is 16.0. The zero-order valence-corrected chi connectivity index (χ0v) is 10.7. The molecule has 0 saturated carbocycles. The zero-order chi connectivity index (χ0) is 12.5. The number of nitrogens with one attached hydrogen (secondary N) is 1. The smallest absolute Gasteiger partial charge is 0.246 e. The van der Waals surface area contributed by atoms with Gasteiger partial charge in [-0.25, -0.2) is 0 Å². The third kappa shape index (κ3) is 6.58. The van der Waals surface area contributed by atoms with Crippen LogP contribution >= 0.6 is 0 Å². The molecule has 6 nitrogen and oxygen atoms in total. The van der Waals surface area contributed by atoms with Crippen LogP contribution in [-0.2, 0) is 9.53 Å². The van der Waals surface area contributed by atoms with Crippen LogP contribution in [0.2, 0.25) is 0 Å². The van der Waals surface area contributed by atoms with E-state index in [1.165, 1.54) is 0 Å². The van der Waals surface area contributed by atoms with Crippen molar-refractivity contribution in [3.8, 4) is 0 Å². The number of carbonyl (C=O) groups excluding carboxylic acids is 1. The Balaban J connectivity index is 1.97. The molecule has 0 spiro atoms. The molecule has 0 aromatic carbocycles. The number of ether oxygens (including phenoxy) is 1. The van der Waals surface area contributed by atoms with Gasteiger partial charge in [-0.15, -0.1) is 0 Å². The van der Waals surface area contributed by atoms with Crippen molar-refractivity contribution in [3.63, 3.8) is 0 Å². The lowest BCUT2D eigenvalue weighted by Crippen LogP contribution is -2.47. The van der Waals surface area contributed by atoms with Crippen LogP contribution < -0.4 is 11.1 Å². The lowest BCUT2D eigenvalue weighted by atomic mass is 10.3. The summed E-state index contributed by atoms with van der Waals surface area (Å²) in [5, 5.41) is 2.84. The highest BCUT2D eigenvalue weighted by Gasteiger charge is 2.13. The van der Waals surface area contributed by atoms with E-state index in [0.29, 0.717) is 19.7 Å². The summed E-state index contributed by atoms with van der Waals surface area (Å²) in [7, 11) is 2.13. The molecule has 1 heterocycles. The molecule has 100 valence electrons. The number of hydrogen-bond acceptors (Lipinski definition) is 5. The standard InChI is InChI=1S/C11H24N4O2/c1-14-5-7-15(8-6-14)4-3-13-11(16)10-17-9-2-12/h2-10,12H2,1H3,(H,13,16). The van der Waals surface area contributed by atoms with Crippen molar-refractivity contribution in [2.45, 2.75) is 0 Å². The monoisotopic (exact) mass is 244 g/mol. The number of rotatable bonds is 7. The number of likely N-dealkylation sites (N-methyl/N-ethyl adjacent to an activating group) is 1. The Kier molecular flexibility index (Phi) is 7.11. The molecule has 3 N–H and O–H groups in total. The average Bonchev–Trinajstić information content (AvgIpc) is 2.32. The molecule has 0 bridgehead atoms. The van der Waals surface area contributed by atoms with E-state index in [1.807, 2.05) is 0 Å². The third-order valence-electron chi connectivity index (χ3n) is 2.84. The van der Waals surface area contributed by atoms with E-state index in [9.17, 15) is 4.79 Å². The molecule has 1 aliphatic heterocycles. The van der Waals surface area contributed by atoms with Crippen LogP contribution in [0.5, 0.6) is 0 Å². The second kappa shape index (κ2) is 8.41. The molecule has 0 radical (unpaired) electrons. The van der Waals surface area contributed by atoms with E-state index >= 15 is 0 Å². The molecule has 1 rings (SSSR count). The summed E-state index contributed by atoms with van der Waals surface area (Å²) in [5.41, 5.74) is 5.26. The Morgan fingerprint density at radius 1 is 1.35 bits per heavy atom. The molecule has 0 aromatic heterocycles. The van der Waals surface area contributed by atoms with Gasteiger partial charge in [0.25, 0.3) is 0 Å². The lowest BCUT2D eigenvalue weighted by Gasteiger charge is -2.32. The van der Waals surface area contributed by atoms with Gasteiger partial charge >= 0.3 is 0 Å². The van der Waals surface area contributed by atoms with Gasteiger partial charge in [0.2, 0.25) is 5.91 Å². The van der Waals surface area contributed by atoms with Gasteiger partial charge in [-0.05, 0) is 7.05 Å². The number of piperazine rings is 1. The Hall–Kier alpha value is -0.690. The molecule has 0 unspecified atom stereocenters. The molecule has 6 heteroatoms. The van der Waals surface area contributed by atoms with Crippen molar-refractivity contribution in [3.05, 3.63) is 0 Å². The summed E-state index contributed by atoms with van der Waals surface area (Å²) in [5.74, 6) is -0.0624. The van der Waals surface area contributed by atoms with Crippen LogP contribution in [0.25, 0.3) is 0 Å². The maximum Gasteiger partial charge on any atom is 0.246 e. The summed E-state index contributed by atoms with van der Waals surface area (Å²) in [6, 6.07) is 0. The fourth-order valence-electron chi connectivity index (χ4n) is 1.72. The highest BCUT2D eigenvalue weighted by atomic mass is 16.5. The van der Waals surface area contributed by atoms with Crippen LogP contribution in [0.15, 0.2) is 0 Å². The van der Waals surface area contributed by atoms with Gasteiger partial charge in [0.15, 0.2) is 0 Å². The topological polar surface area (TPSA) is 70.8 Å². The summed E-state index contributed by atoms with van der Waals surface area (Å²) >= 11 is 0. The Labute approximate surface area is 103 Å². The van der Waals surface area contributed by atoms with E-state index in [4.69, 9.17) is 10.5 Å². The molecule has 1 aliphatic rings. The second-order valence-corrected chi connectivity index (χ2v) is 4.34. The zero-order valence-electron chi connectivity index (χ0n) is 10.7. The number of amides is 1. The Morgan fingerprint density at radius 3 is 2.71 bits per heavy atom. The van der Waals surface area contributed by atoms with Crippen LogP contribution in [0.1, 0.15) is 0 Å². The number of carbonyl (C=O) groups is 1. The van der Waals surface area contributed by atoms with Crippen LogP contribution in [0.3, 0.4) is 0 Å². The highest BCUT2D eigenvalue weighted by Crippen LogP contribution is 1.97. The van der Waals surface area contributed by atoms with Crippen molar-refractivity contribution in [2.75, 3.05) is 66.1 Å². The van der Waals surface area contributed by atoms with E-state index in [1.54, 1.807) is 0 Å². The van der Waals surface area contributed by atoms with Crippen molar-refractivity contribution >= 4 is 5.91 Å². The van der Waals surface area contributed by atoms with E-state index in [2.05, 4.69) is 22.2 Å². The molecule has 0 aromatic rings. The largest absolute Gasteiger partial charge is 0.370 e. The molecule has 0 atom stereocenters. The van der Waals surface area contributed by atoms with Crippen molar-refractivity contribution in [1.29, 1.82) is 0 Å². The van der Waals surface area contributed by atoms with Crippen LogP contribution in [0.4, 0.5) is 0 Å². The normalized spacial score (nSPS) is 18.2. The van der Waals surface area contributed by atoms with Gasteiger partial charge < -0.3 is 20.7 Å². The number of nitrogens with two attached hydrogens (primary N) is 1. The van der Waals surface area contributed by atoms with Crippen LogP contribution in [-0.4, -0.2) is 81.8 Å². The van der Waals surface area contributed by atoms with Crippen molar-refractivity contribution < 1.29 is 9.53 Å². The van der Waals surface area contributed by atoms with E-state index in [-0.39, 0.29) is 12.5 Å². The minimum Gasteiger partial charge on any atom is -0.370 e. The lowest BCUT2D eigenvalue weighted by molar-refractivity contribution is -0.125. The second-order valence-electron chi connectivity index (χ2n) is 4.34. The van der Waals surface area contributed by atoms with Gasteiger partial charge in [0.1, 0.15) is 6.61 Å². The predicted octanol–water partition coefficient (Wildman–Crippen LogP) is -1.67. The number of nitrogens with zero attached hydrogens (tertiary/aromatic N) is 2. The van der Waals surface area contributed by atoms with Gasteiger partial charge in [-0.3, -0.25) is 9.69 Å². The van der Waals surface area contributed by atoms with Crippen molar-refractivity contribution in [1.82, 2.24) is 15.1 Å². The van der Waals surface area contributed by atoms with Gasteiger partial charge in [-0.1, -0.05) is 0 Å². The predicted molar refractivity (Wildman–Crippen MR) is 66.8 cm³/mol. The van der Waals surface area contributed by atoms with Gasteiger partial charge in [0.05, 0.1) is 6.61 Å². The minimum atomic E-state index is -0.0624. The van der Waals surface area contributed by atoms with Gasteiger partial charge in [-0.2, -0.15) is 0 Å². The van der Waals surface area contributed by atoms with Crippen LogP contribution in [0, 0.1) is 0 Å². The Morgan fingerprint density at radius 2 is 2.06 bits per heavy atom. The van der Waals surface area contributed by atoms with Crippen molar-refractivity contribution in [2.24, 2.45) is 5.73 Å². The Bertz CT molecular complexity index is 218. The number of hydrogen-bond donors (Lipinski definition) is 2. The SMILES string of the molecule is CN1CCN(CCNC(=O)COCCN)CC1. The molecule has 1 fully saturated rings. The molecule has 1 saturated heterocycles. The fourth-order valence-corrected chi connectivity index (χ4v) is 1.72. The minimum absolute atomic E-state index is 0.0624. The first-order valence-corrected chi connectivity index (χ1v) is 6.18. The van der Waals surface area contributed by atoms with E-state index in [0.717, 1.165) is 32.7 Å². The quantitative estimate of drug-likeness (QED) is 0.524. The molecule has 0 aliphatic carbocycles. The maximum absolute atomic E-state index is 11.3. The highest BCUT2D eigenvalue weighted by molar-refractivity contribution is 5.77. The fraction of sp³-hybridized carbons (Fsp3) is 0.909. The first-order valence-electron chi connectivity index (χ1n) is 6.18. The molecule has 17 heavy (non-hydrogen) atoms. The third-order valence-corrected chi connectivity index (χ3v) is 2.84. The molecule has 1 amide bonds. The summed E-state index contributed by atoms with van der Waals surface area (Å²) < 4.78 is 5.04. The summed E-state index contributed by atoms with van der Waals surface area (Å²) in [6.45, 7) is 6.97. The molecular weight excluding hydrogens is 220 g/mol. The average molecular weight is 244 g/mol. The first kappa shape index (κ1) is 14.4.